The first-order chi connectivity index (χ1) is 13.2. The highest BCUT2D eigenvalue weighted by Gasteiger charge is 2.49. The van der Waals surface area contributed by atoms with Crippen LogP contribution in [0.25, 0.3) is 16.9 Å². The van der Waals surface area contributed by atoms with E-state index >= 15 is 0 Å². The number of halogens is 3. The van der Waals surface area contributed by atoms with Gasteiger partial charge in [0.05, 0.1) is 17.6 Å². The lowest BCUT2D eigenvalue weighted by Crippen LogP contribution is -2.46. The molecule has 1 saturated carbocycles. The van der Waals surface area contributed by atoms with Gasteiger partial charge in [0.15, 0.2) is 5.65 Å². The molecule has 28 heavy (non-hydrogen) atoms. The van der Waals surface area contributed by atoms with Crippen LogP contribution in [0.4, 0.5) is 13.2 Å². The van der Waals surface area contributed by atoms with E-state index in [4.69, 9.17) is 0 Å². The van der Waals surface area contributed by atoms with Crippen LogP contribution in [0.15, 0.2) is 12.3 Å². The van der Waals surface area contributed by atoms with Crippen molar-refractivity contribution in [2.45, 2.75) is 45.8 Å². The Bertz CT molecular complexity index is 1050. The van der Waals surface area contributed by atoms with Crippen LogP contribution in [-0.4, -0.2) is 37.1 Å². The van der Waals surface area contributed by atoms with Gasteiger partial charge >= 0.3 is 6.18 Å². The van der Waals surface area contributed by atoms with Crippen molar-refractivity contribution >= 4 is 23.1 Å². The third kappa shape index (κ3) is 3.25. The quantitative estimate of drug-likeness (QED) is 0.711. The second-order valence-corrected chi connectivity index (χ2v) is 8.08. The molecule has 1 amide bonds. The monoisotopic (exact) mass is 409 g/mol. The molecule has 4 rings (SSSR count). The van der Waals surface area contributed by atoms with Crippen LogP contribution in [0.2, 0.25) is 0 Å². The zero-order valence-corrected chi connectivity index (χ0v) is 16.3. The van der Waals surface area contributed by atoms with E-state index in [0.717, 1.165) is 21.8 Å². The van der Waals surface area contributed by atoms with Crippen molar-refractivity contribution in [3.63, 3.8) is 0 Å². The number of fused-ring (bicyclic) bond motifs is 1. The van der Waals surface area contributed by atoms with E-state index in [1.807, 2.05) is 19.9 Å². The molecule has 1 aliphatic carbocycles. The lowest BCUT2D eigenvalue weighted by Gasteiger charge is -2.20. The van der Waals surface area contributed by atoms with Gasteiger partial charge < -0.3 is 5.32 Å². The lowest BCUT2D eigenvalue weighted by atomic mass is 10.1. The number of carbonyl (C=O) groups excluding carboxylic acids is 1. The van der Waals surface area contributed by atoms with E-state index in [-0.39, 0.29) is 11.2 Å². The van der Waals surface area contributed by atoms with E-state index in [2.05, 4.69) is 19.8 Å². The maximum atomic E-state index is 13.3. The zero-order valence-electron chi connectivity index (χ0n) is 15.5. The van der Waals surface area contributed by atoms with Crippen LogP contribution < -0.4 is 5.32 Å². The molecule has 0 radical (unpaired) electrons. The topological polar surface area (TPSA) is 72.2 Å². The molecule has 1 atom stereocenters. The summed E-state index contributed by atoms with van der Waals surface area (Å²) in [4.78, 5) is 18.2. The molecule has 6 nitrogen and oxygen atoms in total. The summed E-state index contributed by atoms with van der Waals surface area (Å²) in [7, 11) is 0. The fourth-order valence-corrected chi connectivity index (χ4v) is 4.07. The number of aromatic nitrogens is 4. The van der Waals surface area contributed by atoms with Gasteiger partial charge in [-0.2, -0.15) is 22.6 Å². The summed E-state index contributed by atoms with van der Waals surface area (Å²) in [5, 5.41) is 6.28. The molecule has 148 valence electrons. The third-order valence-corrected chi connectivity index (χ3v) is 5.76. The minimum atomic E-state index is -4.48. The summed E-state index contributed by atoms with van der Waals surface area (Å²) in [6.45, 7) is 5.60. The van der Waals surface area contributed by atoms with E-state index in [1.54, 1.807) is 6.92 Å². The summed E-state index contributed by atoms with van der Waals surface area (Å²) in [6.07, 6.45) is -2.29. The fraction of sp³-hybridized carbons (Fsp3) is 0.444. The van der Waals surface area contributed by atoms with Crippen LogP contribution in [-0.2, 0) is 0 Å². The lowest BCUT2D eigenvalue weighted by molar-refractivity contribution is -0.158. The highest BCUT2D eigenvalue weighted by atomic mass is 32.1. The normalized spacial score (nSPS) is 15.8. The maximum Gasteiger partial charge on any atom is 0.408 e. The van der Waals surface area contributed by atoms with Gasteiger partial charge in [-0.05, 0) is 57.1 Å². The zero-order chi connectivity index (χ0) is 20.2. The van der Waals surface area contributed by atoms with E-state index in [0.29, 0.717) is 18.5 Å². The average molecular weight is 409 g/mol. The van der Waals surface area contributed by atoms with Gasteiger partial charge in [-0.25, -0.2) is 9.50 Å². The fourth-order valence-electron chi connectivity index (χ4n) is 3.37. The first kappa shape index (κ1) is 18.9. The Hall–Kier alpha value is -2.49. The standard InChI is InChI=1S/C18H18F3N5OS/c1-8-6-13(14-9(2)25-28-10(14)3)23-16-12(7-22-26(8)16)17(27)24-15(11-4-5-11)18(19,20)21/h6-7,11,15H,4-5H2,1-3H3,(H,24,27)/t15-/m1/s1. The number of hydrogen-bond donors (Lipinski definition) is 1. The van der Waals surface area contributed by atoms with E-state index in [9.17, 15) is 18.0 Å². The summed E-state index contributed by atoms with van der Waals surface area (Å²) in [5.74, 6) is -1.37. The van der Waals surface area contributed by atoms with Gasteiger partial charge in [0, 0.05) is 16.1 Å². The predicted molar refractivity (Wildman–Crippen MR) is 98.3 cm³/mol. The molecule has 0 spiro atoms. The number of alkyl halides is 3. The summed E-state index contributed by atoms with van der Waals surface area (Å²) in [5.41, 5.74) is 3.29. The van der Waals surface area contributed by atoms with Crippen molar-refractivity contribution in [2.75, 3.05) is 0 Å². The molecular formula is C18H18F3N5OS. The van der Waals surface area contributed by atoms with Gasteiger partial charge in [0.2, 0.25) is 0 Å². The van der Waals surface area contributed by atoms with Gasteiger partial charge in [-0.3, -0.25) is 4.79 Å². The van der Waals surface area contributed by atoms with E-state index in [1.165, 1.54) is 22.2 Å². The van der Waals surface area contributed by atoms with Crippen LogP contribution in [0.5, 0.6) is 0 Å². The van der Waals surface area contributed by atoms with Crippen molar-refractivity contribution in [3.05, 3.63) is 34.1 Å². The molecule has 3 aromatic heterocycles. The van der Waals surface area contributed by atoms with Crippen LogP contribution in [0.3, 0.4) is 0 Å². The van der Waals surface area contributed by atoms with Crippen LogP contribution in [0, 0.1) is 26.7 Å². The molecule has 3 heterocycles. The number of nitrogens with zero attached hydrogens (tertiary/aromatic N) is 4. The van der Waals surface area contributed by atoms with Gasteiger partial charge in [0.1, 0.15) is 11.6 Å². The van der Waals surface area contributed by atoms with Gasteiger partial charge in [-0.15, -0.1) is 0 Å². The Kier molecular flexibility index (Phi) is 4.40. The van der Waals surface area contributed by atoms with Crippen molar-refractivity contribution < 1.29 is 18.0 Å². The summed E-state index contributed by atoms with van der Waals surface area (Å²) >= 11 is 1.35. The molecule has 3 aromatic rings. The molecule has 0 aromatic carbocycles. The molecule has 1 aliphatic rings. The number of hydrogen-bond acceptors (Lipinski definition) is 5. The Morgan fingerprint density at radius 1 is 1.32 bits per heavy atom. The minimum Gasteiger partial charge on any atom is -0.340 e. The van der Waals surface area contributed by atoms with Crippen molar-refractivity contribution in [2.24, 2.45) is 5.92 Å². The molecule has 1 fully saturated rings. The Balaban J connectivity index is 1.75. The molecule has 10 heteroatoms. The number of amides is 1. The number of rotatable bonds is 4. The summed E-state index contributed by atoms with van der Waals surface area (Å²) < 4.78 is 45.6. The first-order valence-electron chi connectivity index (χ1n) is 8.83. The average Bonchev–Trinajstić information content (AvgIpc) is 3.25. The van der Waals surface area contributed by atoms with Crippen molar-refractivity contribution in [3.8, 4) is 11.3 Å². The van der Waals surface area contributed by atoms with Crippen LogP contribution >= 0.6 is 11.5 Å². The molecular weight excluding hydrogens is 391 g/mol. The van der Waals surface area contributed by atoms with Crippen molar-refractivity contribution in [1.82, 2.24) is 24.3 Å². The number of aryl methyl sites for hydroxylation is 3. The molecule has 0 saturated heterocycles. The largest absolute Gasteiger partial charge is 0.408 e. The minimum absolute atomic E-state index is 0.0262. The Morgan fingerprint density at radius 3 is 2.61 bits per heavy atom. The van der Waals surface area contributed by atoms with Gasteiger partial charge in [0.25, 0.3) is 5.91 Å². The number of carbonyl (C=O) groups is 1. The Morgan fingerprint density at radius 2 is 2.04 bits per heavy atom. The van der Waals surface area contributed by atoms with E-state index < -0.39 is 24.0 Å². The second-order valence-electron chi connectivity index (χ2n) is 7.11. The first-order valence-corrected chi connectivity index (χ1v) is 9.60. The maximum absolute atomic E-state index is 13.3. The second kappa shape index (κ2) is 6.54. The molecule has 0 unspecified atom stereocenters. The van der Waals surface area contributed by atoms with Gasteiger partial charge in [-0.1, -0.05) is 0 Å². The smallest absolute Gasteiger partial charge is 0.340 e. The summed E-state index contributed by atoms with van der Waals surface area (Å²) in [6, 6.07) is -0.0153. The third-order valence-electron chi connectivity index (χ3n) is 4.92. The SMILES string of the molecule is Cc1nsc(C)c1-c1cc(C)n2ncc(C(=O)N[C@H](C3CC3)C(F)(F)F)c2n1. The van der Waals surface area contributed by atoms with Crippen LogP contribution in [0.1, 0.15) is 39.5 Å². The highest BCUT2D eigenvalue weighted by molar-refractivity contribution is 7.06. The molecule has 0 bridgehead atoms. The predicted octanol–water partition coefficient (Wildman–Crippen LogP) is 3.85. The Labute approximate surface area is 163 Å². The molecule has 0 aliphatic heterocycles. The van der Waals surface area contributed by atoms with Crippen molar-refractivity contribution in [1.29, 1.82) is 0 Å². The highest BCUT2D eigenvalue weighted by Crippen LogP contribution is 2.40. The molecule has 1 N–H and O–H groups in total. The number of nitrogens with one attached hydrogen (secondary N) is 1.